The quantitative estimate of drug-likeness (QED) is 0.575. The van der Waals surface area contributed by atoms with E-state index in [1.807, 2.05) is 0 Å². The van der Waals surface area contributed by atoms with E-state index in [4.69, 9.17) is 4.74 Å². The zero-order chi connectivity index (χ0) is 23.1. The smallest absolute Gasteiger partial charge is 0.326 e. The Morgan fingerprint density at radius 3 is 2.44 bits per heavy atom. The summed E-state index contributed by atoms with van der Waals surface area (Å²) in [6, 6.07) is 7.75. The zero-order valence-electron chi connectivity index (χ0n) is 18.0. The summed E-state index contributed by atoms with van der Waals surface area (Å²) >= 11 is 0. The van der Waals surface area contributed by atoms with Gasteiger partial charge in [0.1, 0.15) is 6.04 Å². The van der Waals surface area contributed by atoms with Crippen molar-refractivity contribution >= 4 is 27.6 Å². The molecule has 176 valence electrons. The van der Waals surface area contributed by atoms with Crippen LogP contribution in [0.1, 0.15) is 31.2 Å². The number of carbonyl (C=O) groups excluding carboxylic acids is 2. The summed E-state index contributed by atoms with van der Waals surface area (Å²) in [6.45, 7) is 2.12. The van der Waals surface area contributed by atoms with E-state index in [1.54, 1.807) is 35.2 Å². The maximum Gasteiger partial charge on any atom is 0.326 e. The fraction of sp³-hybridized carbons (Fsp3) is 0.591. The lowest BCUT2D eigenvalue weighted by Crippen LogP contribution is -2.45. The third-order valence-corrected chi connectivity index (χ3v) is 7.61. The van der Waals surface area contributed by atoms with Gasteiger partial charge in [-0.15, -0.1) is 0 Å². The molecule has 0 saturated carbocycles. The fourth-order valence-corrected chi connectivity index (χ4v) is 6.00. The molecule has 0 radical (unpaired) electrons. The molecule has 2 aliphatic heterocycles. The lowest BCUT2D eigenvalue weighted by molar-refractivity contribution is -0.150. The third-order valence-electron chi connectivity index (χ3n) is 5.93. The van der Waals surface area contributed by atoms with Crippen LogP contribution in [0.5, 0.6) is 0 Å². The normalized spacial score (nSPS) is 20.2. The number of amides is 2. The molecule has 2 amide bonds. The summed E-state index contributed by atoms with van der Waals surface area (Å²) in [5.41, 5.74) is 0.618. The minimum Gasteiger partial charge on any atom is -0.480 e. The molecular weight excluding hydrogens is 436 g/mol. The summed E-state index contributed by atoms with van der Waals surface area (Å²) in [5.74, 6) is -3.33. The first-order valence-electron chi connectivity index (χ1n) is 10.9. The van der Waals surface area contributed by atoms with Gasteiger partial charge in [0.15, 0.2) is 9.84 Å². The number of morpholine rings is 1. The van der Waals surface area contributed by atoms with Crippen molar-refractivity contribution in [1.29, 1.82) is 0 Å². The maximum atomic E-state index is 13.2. The van der Waals surface area contributed by atoms with Gasteiger partial charge >= 0.3 is 5.97 Å². The van der Waals surface area contributed by atoms with E-state index in [0.717, 1.165) is 0 Å². The Balaban J connectivity index is 1.72. The van der Waals surface area contributed by atoms with Gasteiger partial charge in [-0.2, -0.15) is 0 Å². The van der Waals surface area contributed by atoms with Gasteiger partial charge < -0.3 is 19.6 Å². The molecule has 9 nitrogen and oxygen atoms in total. The van der Waals surface area contributed by atoms with Gasteiger partial charge in [-0.1, -0.05) is 30.3 Å². The Hall–Kier alpha value is -2.46. The monoisotopic (exact) mass is 466 g/mol. The van der Waals surface area contributed by atoms with E-state index >= 15 is 0 Å². The lowest BCUT2D eigenvalue weighted by Gasteiger charge is -2.29. The molecule has 1 aromatic rings. The van der Waals surface area contributed by atoms with Crippen LogP contribution in [0.25, 0.3) is 0 Å². The molecule has 0 aliphatic carbocycles. The van der Waals surface area contributed by atoms with Crippen LogP contribution >= 0.6 is 0 Å². The number of sulfone groups is 1. The number of benzene rings is 1. The molecule has 0 bridgehead atoms. The van der Waals surface area contributed by atoms with Crippen LogP contribution in [0.4, 0.5) is 0 Å². The van der Waals surface area contributed by atoms with Gasteiger partial charge in [0, 0.05) is 26.1 Å². The summed E-state index contributed by atoms with van der Waals surface area (Å²) in [6.07, 6.45) is 0.991. The van der Waals surface area contributed by atoms with Crippen molar-refractivity contribution < 1.29 is 32.6 Å². The number of hydrogen-bond donors (Lipinski definition) is 1. The van der Waals surface area contributed by atoms with E-state index in [-0.39, 0.29) is 31.0 Å². The van der Waals surface area contributed by atoms with Gasteiger partial charge in [-0.05, 0) is 24.8 Å². The summed E-state index contributed by atoms with van der Waals surface area (Å²) in [4.78, 5) is 40.3. The predicted octanol–water partition coefficient (Wildman–Crippen LogP) is 0.932. The van der Waals surface area contributed by atoms with Crippen LogP contribution in [0, 0.1) is 5.92 Å². The highest BCUT2D eigenvalue weighted by atomic mass is 32.2. The fourth-order valence-electron chi connectivity index (χ4n) is 4.26. The second kappa shape index (κ2) is 10.9. The second-order valence-corrected chi connectivity index (χ2v) is 10.4. The van der Waals surface area contributed by atoms with E-state index in [0.29, 0.717) is 44.7 Å². The number of carboxylic acids is 1. The molecule has 2 atom stereocenters. The number of aliphatic carboxylic acids is 1. The molecule has 1 aromatic carbocycles. The van der Waals surface area contributed by atoms with Crippen molar-refractivity contribution in [2.24, 2.45) is 5.92 Å². The highest BCUT2D eigenvalue weighted by Gasteiger charge is 2.38. The number of nitrogens with zero attached hydrogens (tertiary/aromatic N) is 2. The van der Waals surface area contributed by atoms with Crippen molar-refractivity contribution in [3.63, 3.8) is 0 Å². The van der Waals surface area contributed by atoms with Gasteiger partial charge in [0.05, 0.1) is 30.6 Å². The molecule has 2 saturated heterocycles. The first-order valence-corrected chi connectivity index (χ1v) is 12.7. The molecule has 2 fully saturated rings. The van der Waals surface area contributed by atoms with Crippen LogP contribution in [0.15, 0.2) is 30.3 Å². The minimum absolute atomic E-state index is 0.0306. The highest BCUT2D eigenvalue weighted by molar-refractivity contribution is 7.90. The Morgan fingerprint density at radius 2 is 1.78 bits per heavy atom. The number of carboxylic acid groups (broad SMARTS) is 1. The van der Waals surface area contributed by atoms with Crippen molar-refractivity contribution in [3.8, 4) is 0 Å². The van der Waals surface area contributed by atoms with Crippen molar-refractivity contribution in [2.45, 2.75) is 37.5 Å². The average Bonchev–Trinajstić information content (AvgIpc) is 3.27. The van der Waals surface area contributed by atoms with Gasteiger partial charge in [0.2, 0.25) is 11.8 Å². The molecule has 0 aromatic heterocycles. The van der Waals surface area contributed by atoms with Gasteiger partial charge in [-0.3, -0.25) is 9.59 Å². The highest BCUT2D eigenvalue weighted by Crippen LogP contribution is 2.24. The van der Waals surface area contributed by atoms with Crippen molar-refractivity contribution in [2.75, 3.05) is 38.6 Å². The van der Waals surface area contributed by atoms with Gasteiger partial charge in [0.25, 0.3) is 0 Å². The number of rotatable bonds is 9. The molecular formula is C22H30N2O7S. The average molecular weight is 467 g/mol. The zero-order valence-corrected chi connectivity index (χ0v) is 18.8. The van der Waals surface area contributed by atoms with Crippen molar-refractivity contribution in [3.05, 3.63) is 35.9 Å². The van der Waals surface area contributed by atoms with Crippen LogP contribution in [0.2, 0.25) is 0 Å². The number of ether oxygens (including phenoxy) is 1. The molecule has 2 aliphatic rings. The number of carbonyl (C=O) groups is 3. The first kappa shape index (κ1) is 24.2. The summed E-state index contributed by atoms with van der Waals surface area (Å²) in [5, 5.41) is 9.45. The van der Waals surface area contributed by atoms with E-state index in [9.17, 15) is 27.9 Å². The standard InChI is InChI=1S/C22H30N2O7S/c25-20(23-11-13-31-14-12-23)9-8-18(21(26)24-10-4-7-19(24)22(27)28)16-32(29,30)15-17-5-2-1-3-6-17/h1-3,5-6,18-19H,4,7-16H2,(H,27,28)/t18-,19-/m0/s1. The van der Waals surface area contributed by atoms with E-state index < -0.39 is 39.4 Å². The Labute approximate surface area is 188 Å². The van der Waals surface area contributed by atoms with E-state index in [2.05, 4.69) is 0 Å². The number of likely N-dealkylation sites (tertiary alicyclic amines) is 1. The summed E-state index contributed by atoms with van der Waals surface area (Å²) in [7, 11) is -3.66. The topological polar surface area (TPSA) is 121 Å². The first-order chi connectivity index (χ1) is 15.3. The van der Waals surface area contributed by atoms with Crippen LogP contribution in [-0.2, 0) is 34.7 Å². The maximum absolute atomic E-state index is 13.2. The molecule has 3 rings (SSSR count). The third kappa shape index (κ3) is 6.52. The second-order valence-electron chi connectivity index (χ2n) is 8.30. The Kier molecular flexibility index (Phi) is 8.25. The van der Waals surface area contributed by atoms with Crippen molar-refractivity contribution in [1.82, 2.24) is 9.80 Å². The predicted molar refractivity (Wildman–Crippen MR) is 116 cm³/mol. The van der Waals surface area contributed by atoms with E-state index in [1.165, 1.54) is 4.90 Å². The largest absolute Gasteiger partial charge is 0.480 e. The Morgan fingerprint density at radius 1 is 1.09 bits per heavy atom. The molecule has 1 N–H and O–H groups in total. The SMILES string of the molecule is O=C(O)[C@@H]1CCCN1C(=O)[C@@H](CCC(=O)N1CCOCC1)CS(=O)(=O)Cc1ccccc1. The van der Waals surface area contributed by atoms with Crippen LogP contribution in [-0.4, -0.2) is 85.8 Å². The molecule has 2 heterocycles. The molecule has 0 unspecified atom stereocenters. The van der Waals surface area contributed by atoms with Crippen LogP contribution < -0.4 is 0 Å². The molecule has 10 heteroatoms. The minimum atomic E-state index is -3.66. The number of hydrogen-bond acceptors (Lipinski definition) is 6. The summed E-state index contributed by atoms with van der Waals surface area (Å²) < 4.78 is 31.0. The van der Waals surface area contributed by atoms with Gasteiger partial charge in [-0.25, -0.2) is 13.2 Å². The molecule has 32 heavy (non-hydrogen) atoms. The lowest BCUT2D eigenvalue weighted by atomic mass is 10.0. The van der Waals surface area contributed by atoms with Crippen LogP contribution in [0.3, 0.4) is 0 Å². The Bertz CT molecular complexity index is 913. The molecule has 0 spiro atoms.